The van der Waals surface area contributed by atoms with E-state index in [1.54, 1.807) is 11.3 Å². The fourth-order valence-corrected chi connectivity index (χ4v) is 5.34. The number of nitrogens with one attached hydrogen (secondary N) is 1. The number of hydrogen-bond donors (Lipinski definition) is 1. The van der Waals surface area contributed by atoms with E-state index in [0.717, 1.165) is 50.9 Å². The van der Waals surface area contributed by atoms with E-state index in [4.69, 9.17) is 0 Å². The number of likely N-dealkylation sites (tertiary alicyclic amines) is 1. The van der Waals surface area contributed by atoms with Gasteiger partial charge in [-0.25, -0.2) is 0 Å². The van der Waals surface area contributed by atoms with Crippen LogP contribution >= 0.6 is 11.3 Å². The zero-order valence-electron chi connectivity index (χ0n) is 15.6. The van der Waals surface area contributed by atoms with Crippen LogP contribution in [0.2, 0.25) is 0 Å². The van der Waals surface area contributed by atoms with E-state index in [9.17, 15) is 4.79 Å². The van der Waals surface area contributed by atoms with Crippen molar-refractivity contribution in [2.75, 3.05) is 13.1 Å². The highest BCUT2D eigenvalue weighted by Gasteiger charge is 2.24. The summed E-state index contributed by atoms with van der Waals surface area (Å²) in [5.74, 6) is 0.154. The molecule has 0 bridgehead atoms. The lowest BCUT2D eigenvalue weighted by Crippen LogP contribution is -2.44. The largest absolute Gasteiger partial charge is 0.349 e. The minimum absolute atomic E-state index is 0.154. The minimum Gasteiger partial charge on any atom is -0.349 e. The van der Waals surface area contributed by atoms with Crippen LogP contribution in [0.25, 0.3) is 0 Å². The SMILES string of the molecule is Cc1ccccc1CN1CCC(NC(=O)c2csc3c2CCCC3)CC1. The van der Waals surface area contributed by atoms with Crippen LogP contribution in [0.5, 0.6) is 0 Å². The van der Waals surface area contributed by atoms with Crippen molar-refractivity contribution >= 4 is 17.2 Å². The molecule has 4 rings (SSSR count). The van der Waals surface area contributed by atoms with Crippen LogP contribution in [0.4, 0.5) is 0 Å². The first kappa shape index (κ1) is 17.7. The Balaban J connectivity index is 1.30. The number of nitrogens with zero attached hydrogens (tertiary/aromatic N) is 1. The van der Waals surface area contributed by atoms with Crippen molar-refractivity contribution in [3.63, 3.8) is 0 Å². The molecular formula is C22H28N2OS. The highest BCUT2D eigenvalue weighted by molar-refractivity contribution is 7.10. The molecule has 1 aliphatic heterocycles. The minimum atomic E-state index is 0.154. The molecule has 2 aliphatic rings. The number of thiophene rings is 1. The highest BCUT2D eigenvalue weighted by Crippen LogP contribution is 2.30. The molecule has 138 valence electrons. The van der Waals surface area contributed by atoms with Gasteiger partial charge in [0, 0.05) is 35.9 Å². The molecule has 1 amide bonds. The Morgan fingerprint density at radius 3 is 2.77 bits per heavy atom. The molecule has 1 N–H and O–H groups in total. The maximum Gasteiger partial charge on any atom is 0.252 e. The second kappa shape index (κ2) is 7.93. The molecule has 0 spiro atoms. The molecule has 2 heterocycles. The van der Waals surface area contributed by atoms with Gasteiger partial charge in [-0.05, 0) is 62.1 Å². The quantitative estimate of drug-likeness (QED) is 0.871. The first-order valence-corrected chi connectivity index (χ1v) is 10.8. The number of rotatable bonds is 4. The third-order valence-electron chi connectivity index (χ3n) is 5.88. The summed E-state index contributed by atoms with van der Waals surface area (Å²) >= 11 is 1.78. The summed E-state index contributed by atoms with van der Waals surface area (Å²) < 4.78 is 0. The molecule has 26 heavy (non-hydrogen) atoms. The Kier molecular flexibility index (Phi) is 5.41. The molecule has 1 aromatic carbocycles. The van der Waals surface area contributed by atoms with Gasteiger partial charge in [0.05, 0.1) is 5.56 Å². The van der Waals surface area contributed by atoms with Gasteiger partial charge in [-0.1, -0.05) is 24.3 Å². The monoisotopic (exact) mass is 368 g/mol. The number of piperidine rings is 1. The number of carbonyl (C=O) groups excluding carboxylic acids is 1. The van der Waals surface area contributed by atoms with Gasteiger partial charge in [0.25, 0.3) is 5.91 Å². The maximum atomic E-state index is 12.7. The third kappa shape index (κ3) is 3.86. The number of carbonyl (C=O) groups is 1. The number of amides is 1. The van der Waals surface area contributed by atoms with E-state index in [2.05, 4.69) is 46.8 Å². The van der Waals surface area contributed by atoms with Crippen molar-refractivity contribution in [1.29, 1.82) is 0 Å². The van der Waals surface area contributed by atoms with Crippen LogP contribution in [-0.4, -0.2) is 29.9 Å². The van der Waals surface area contributed by atoms with Crippen LogP contribution in [0.15, 0.2) is 29.6 Å². The van der Waals surface area contributed by atoms with Crippen molar-refractivity contribution in [2.24, 2.45) is 0 Å². The van der Waals surface area contributed by atoms with Gasteiger partial charge >= 0.3 is 0 Å². The molecule has 0 atom stereocenters. The Bertz CT molecular complexity index is 774. The Morgan fingerprint density at radius 2 is 1.96 bits per heavy atom. The number of fused-ring (bicyclic) bond motifs is 1. The van der Waals surface area contributed by atoms with Crippen LogP contribution in [0.1, 0.15) is 57.6 Å². The molecule has 4 heteroatoms. The Hall–Kier alpha value is -1.65. The van der Waals surface area contributed by atoms with Gasteiger partial charge in [0.15, 0.2) is 0 Å². The molecule has 1 fully saturated rings. The van der Waals surface area contributed by atoms with Crippen LogP contribution in [0, 0.1) is 6.92 Å². The van der Waals surface area contributed by atoms with Gasteiger partial charge in [0.2, 0.25) is 0 Å². The predicted molar refractivity (Wildman–Crippen MR) is 108 cm³/mol. The van der Waals surface area contributed by atoms with E-state index in [1.807, 2.05) is 0 Å². The van der Waals surface area contributed by atoms with Crippen molar-refractivity contribution in [3.8, 4) is 0 Å². The van der Waals surface area contributed by atoms with E-state index in [0.29, 0.717) is 6.04 Å². The van der Waals surface area contributed by atoms with Crippen molar-refractivity contribution in [3.05, 3.63) is 56.8 Å². The zero-order chi connectivity index (χ0) is 17.9. The summed E-state index contributed by atoms with van der Waals surface area (Å²) in [6, 6.07) is 8.95. The summed E-state index contributed by atoms with van der Waals surface area (Å²) in [4.78, 5) is 16.7. The zero-order valence-corrected chi connectivity index (χ0v) is 16.4. The molecule has 1 aromatic heterocycles. The Labute approximate surface area is 160 Å². The van der Waals surface area contributed by atoms with Crippen LogP contribution in [0.3, 0.4) is 0 Å². The van der Waals surface area contributed by atoms with Gasteiger partial charge in [0.1, 0.15) is 0 Å². The van der Waals surface area contributed by atoms with E-state index in [1.165, 1.54) is 34.4 Å². The average Bonchev–Trinajstić information content (AvgIpc) is 3.09. The number of benzene rings is 1. The van der Waals surface area contributed by atoms with Gasteiger partial charge < -0.3 is 5.32 Å². The summed E-state index contributed by atoms with van der Waals surface area (Å²) in [5.41, 5.74) is 5.06. The molecule has 0 saturated carbocycles. The van der Waals surface area contributed by atoms with Gasteiger partial charge in [-0.2, -0.15) is 0 Å². The lowest BCUT2D eigenvalue weighted by molar-refractivity contribution is 0.0908. The van der Waals surface area contributed by atoms with Crippen molar-refractivity contribution < 1.29 is 4.79 Å². The van der Waals surface area contributed by atoms with Crippen molar-refractivity contribution in [1.82, 2.24) is 10.2 Å². The topological polar surface area (TPSA) is 32.3 Å². The fraction of sp³-hybridized carbons (Fsp3) is 0.500. The first-order chi connectivity index (χ1) is 12.7. The fourth-order valence-electron chi connectivity index (χ4n) is 4.21. The maximum absolute atomic E-state index is 12.7. The molecule has 3 nitrogen and oxygen atoms in total. The van der Waals surface area contributed by atoms with Gasteiger partial charge in [-0.15, -0.1) is 11.3 Å². The first-order valence-electron chi connectivity index (χ1n) is 9.87. The lowest BCUT2D eigenvalue weighted by Gasteiger charge is -2.32. The summed E-state index contributed by atoms with van der Waals surface area (Å²) in [6.07, 6.45) is 6.82. The number of aryl methyl sites for hydroxylation is 2. The number of hydrogen-bond acceptors (Lipinski definition) is 3. The van der Waals surface area contributed by atoms with Crippen molar-refractivity contribution in [2.45, 2.75) is 58.0 Å². The summed E-state index contributed by atoms with van der Waals surface area (Å²) in [6.45, 7) is 5.32. The second-order valence-electron chi connectivity index (χ2n) is 7.71. The third-order valence-corrected chi connectivity index (χ3v) is 6.97. The molecule has 1 saturated heterocycles. The van der Waals surface area contributed by atoms with Crippen LogP contribution in [-0.2, 0) is 19.4 Å². The van der Waals surface area contributed by atoms with E-state index < -0.39 is 0 Å². The predicted octanol–water partition coefficient (Wildman–Crippen LogP) is 4.33. The van der Waals surface area contributed by atoms with E-state index >= 15 is 0 Å². The van der Waals surface area contributed by atoms with E-state index in [-0.39, 0.29) is 5.91 Å². The standard InChI is InChI=1S/C22H28N2OS/c1-16-6-2-3-7-17(16)14-24-12-10-18(11-13-24)23-22(25)20-15-26-21-9-5-4-8-19(20)21/h2-3,6-7,15,18H,4-5,8-14H2,1H3,(H,23,25). The molecule has 2 aromatic rings. The smallest absolute Gasteiger partial charge is 0.252 e. The molecule has 0 unspecified atom stereocenters. The molecule has 0 radical (unpaired) electrons. The summed E-state index contributed by atoms with van der Waals surface area (Å²) in [5, 5.41) is 5.39. The van der Waals surface area contributed by atoms with Crippen LogP contribution < -0.4 is 5.32 Å². The molecule has 1 aliphatic carbocycles. The average molecular weight is 369 g/mol. The van der Waals surface area contributed by atoms with Gasteiger partial charge in [-0.3, -0.25) is 9.69 Å². The second-order valence-corrected chi connectivity index (χ2v) is 8.67. The normalized spacial score (nSPS) is 18.5. The summed E-state index contributed by atoms with van der Waals surface area (Å²) in [7, 11) is 0. The lowest BCUT2D eigenvalue weighted by atomic mass is 9.95. The molecular weight excluding hydrogens is 340 g/mol. The Morgan fingerprint density at radius 1 is 1.19 bits per heavy atom. The highest BCUT2D eigenvalue weighted by atomic mass is 32.1.